The highest BCUT2D eigenvalue weighted by Crippen LogP contribution is 2.25. The van der Waals surface area contributed by atoms with Crippen molar-refractivity contribution in [1.82, 2.24) is 35.4 Å². The van der Waals surface area contributed by atoms with Gasteiger partial charge < -0.3 is 0 Å². The molecule has 0 saturated carbocycles. The Morgan fingerprint density at radius 2 is 2.17 bits per heavy atom. The number of halogens is 2. The summed E-state index contributed by atoms with van der Waals surface area (Å²) in [6.45, 7) is 0.192. The maximum absolute atomic E-state index is 14.0. The van der Waals surface area contributed by atoms with Crippen LogP contribution >= 0.6 is 11.6 Å². The van der Waals surface area contributed by atoms with Gasteiger partial charge in [-0.05, 0) is 35.5 Å². The Morgan fingerprint density at radius 1 is 1.26 bits per heavy atom. The van der Waals surface area contributed by atoms with Crippen molar-refractivity contribution >= 4 is 22.6 Å². The highest BCUT2D eigenvalue weighted by atomic mass is 35.5. The molecule has 0 fully saturated rings. The average molecular weight is 330 g/mol. The third kappa shape index (κ3) is 2.42. The van der Waals surface area contributed by atoms with Crippen molar-refractivity contribution in [3.05, 3.63) is 52.9 Å². The number of fused-ring (bicyclic) bond motifs is 1. The number of hydrogen-bond acceptors (Lipinski definition) is 5. The average Bonchev–Trinajstić information content (AvgIpc) is 3.19. The number of hydrogen-bond donors (Lipinski definition) is 1. The molecule has 0 unspecified atom stereocenters. The Bertz CT molecular complexity index is 980. The van der Waals surface area contributed by atoms with E-state index in [2.05, 4.69) is 30.7 Å². The van der Waals surface area contributed by atoms with E-state index in [0.29, 0.717) is 27.8 Å². The van der Waals surface area contributed by atoms with Crippen LogP contribution in [0.5, 0.6) is 0 Å². The minimum atomic E-state index is -0.352. The van der Waals surface area contributed by atoms with E-state index < -0.39 is 0 Å². The molecule has 0 spiro atoms. The summed E-state index contributed by atoms with van der Waals surface area (Å²) < 4.78 is 15.6. The molecule has 0 bridgehead atoms. The van der Waals surface area contributed by atoms with E-state index in [1.54, 1.807) is 23.0 Å². The largest absolute Gasteiger partial charge is 0.242 e. The molecule has 9 heteroatoms. The Hall–Kier alpha value is -2.87. The summed E-state index contributed by atoms with van der Waals surface area (Å²) in [5, 5.41) is 19.5. The van der Waals surface area contributed by atoms with Gasteiger partial charge in [0.05, 0.1) is 11.9 Å². The normalized spacial score (nSPS) is 11.2. The van der Waals surface area contributed by atoms with Gasteiger partial charge in [-0.2, -0.15) is 10.3 Å². The summed E-state index contributed by atoms with van der Waals surface area (Å²) in [6, 6.07) is 8.05. The van der Waals surface area contributed by atoms with Crippen LogP contribution in [0, 0.1) is 5.82 Å². The number of tetrazole rings is 1. The van der Waals surface area contributed by atoms with Crippen LogP contribution in [0.15, 0.2) is 36.5 Å². The van der Waals surface area contributed by atoms with E-state index in [0.717, 1.165) is 5.39 Å². The van der Waals surface area contributed by atoms with Gasteiger partial charge in [-0.3, -0.25) is 0 Å². The van der Waals surface area contributed by atoms with E-state index in [1.165, 1.54) is 12.1 Å². The van der Waals surface area contributed by atoms with Crippen LogP contribution in [0.4, 0.5) is 4.39 Å². The second-order valence-electron chi connectivity index (χ2n) is 4.85. The van der Waals surface area contributed by atoms with Gasteiger partial charge in [-0.1, -0.05) is 11.6 Å². The number of pyridine rings is 1. The molecule has 0 aliphatic rings. The molecule has 0 aliphatic carbocycles. The van der Waals surface area contributed by atoms with Crippen LogP contribution in [0.1, 0.15) is 5.56 Å². The van der Waals surface area contributed by atoms with Crippen LogP contribution < -0.4 is 0 Å². The van der Waals surface area contributed by atoms with E-state index in [4.69, 9.17) is 11.6 Å². The summed E-state index contributed by atoms with van der Waals surface area (Å²) in [5.74, 6) is 0.00316. The van der Waals surface area contributed by atoms with E-state index >= 15 is 0 Å². The highest BCUT2D eigenvalue weighted by Gasteiger charge is 2.17. The minimum Gasteiger partial charge on any atom is -0.242 e. The standard InChI is InChI=1S/C14H9ClFN7/c15-9-3-4-11(16)8(6-9)7-23-14-10(2-1-5-17-14)12(20-23)13-18-21-22-19-13/h1-6H,7H2,(H,18,19,21,22). The predicted molar refractivity (Wildman–Crippen MR) is 81.2 cm³/mol. The first-order chi connectivity index (χ1) is 11.2. The predicted octanol–water partition coefficient (Wildman–Crippen LogP) is 2.45. The number of nitrogens with zero attached hydrogens (tertiary/aromatic N) is 6. The van der Waals surface area contributed by atoms with Gasteiger partial charge in [0.15, 0.2) is 5.65 Å². The second kappa shape index (κ2) is 5.40. The van der Waals surface area contributed by atoms with Crippen molar-refractivity contribution in [1.29, 1.82) is 0 Å². The molecule has 7 nitrogen and oxygen atoms in total. The molecular weight excluding hydrogens is 321 g/mol. The van der Waals surface area contributed by atoms with Crippen LogP contribution in [0.25, 0.3) is 22.6 Å². The summed E-state index contributed by atoms with van der Waals surface area (Å²) in [4.78, 5) is 4.32. The molecule has 23 heavy (non-hydrogen) atoms. The van der Waals surface area contributed by atoms with Gasteiger partial charge in [0.25, 0.3) is 0 Å². The van der Waals surface area contributed by atoms with Crippen molar-refractivity contribution in [2.45, 2.75) is 6.54 Å². The maximum Gasteiger partial charge on any atom is 0.225 e. The SMILES string of the molecule is Fc1ccc(Cl)cc1Cn1nc(-c2nn[nH]n2)c2cccnc21. The molecule has 3 heterocycles. The van der Waals surface area contributed by atoms with Gasteiger partial charge in [0, 0.05) is 16.8 Å². The summed E-state index contributed by atoms with van der Waals surface area (Å²) >= 11 is 5.94. The van der Waals surface area contributed by atoms with Crippen molar-refractivity contribution in [3.63, 3.8) is 0 Å². The molecule has 4 rings (SSSR count). The number of aromatic nitrogens is 7. The molecule has 0 amide bonds. The number of benzene rings is 1. The van der Waals surface area contributed by atoms with Crippen molar-refractivity contribution in [2.24, 2.45) is 0 Å². The summed E-state index contributed by atoms with van der Waals surface area (Å²) in [6.07, 6.45) is 1.65. The summed E-state index contributed by atoms with van der Waals surface area (Å²) in [7, 11) is 0. The zero-order chi connectivity index (χ0) is 15.8. The Balaban J connectivity index is 1.86. The molecule has 0 radical (unpaired) electrons. The van der Waals surface area contributed by atoms with Crippen LogP contribution in [-0.4, -0.2) is 35.4 Å². The van der Waals surface area contributed by atoms with E-state index in [-0.39, 0.29) is 12.4 Å². The third-order valence-corrected chi connectivity index (χ3v) is 3.63. The zero-order valence-electron chi connectivity index (χ0n) is 11.6. The fourth-order valence-electron chi connectivity index (χ4n) is 2.37. The first kappa shape index (κ1) is 13.8. The van der Waals surface area contributed by atoms with Crippen LogP contribution in [-0.2, 0) is 6.54 Å². The molecule has 1 aromatic carbocycles. The lowest BCUT2D eigenvalue weighted by molar-refractivity contribution is 0.589. The lowest BCUT2D eigenvalue weighted by atomic mass is 10.2. The molecule has 0 saturated heterocycles. The number of H-pyrrole nitrogens is 1. The molecule has 4 aromatic rings. The van der Waals surface area contributed by atoms with Gasteiger partial charge in [0.1, 0.15) is 11.5 Å². The van der Waals surface area contributed by atoms with Gasteiger partial charge in [-0.25, -0.2) is 14.1 Å². The number of aromatic amines is 1. The fourth-order valence-corrected chi connectivity index (χ4v) is 2.57. The lowest BCUT2D eigenvalue weighted by Crippen LogP contribution is -2.04. The first-order valence-electron chi connectivity index (χ1n) is 6.71. The van der Waals surface area contributed by atoms with E-state index in [1.807, 2.05) is 6.07 Å². The quantitative estimate of drug-likeness (QED) is 0.624. The zero-order valence-corrected chi connectivity index (χ0v) is 12.4. The summed E-state index contributed by atoms with van der Waals surface area (Å²) in [5.41, 5.74) is 1.56. The Kier molecular flexibility index (Phi) is 3.23. The van der Waals surface area contributed by atoms with Crippen molar-refractivity contribution in [2.75, 3.05) is 0 Å². The van der Waals surface area contributed by atoms with Gasteiger partial charge in [0.2, 0.25) is 5.82 Å². The van der Waals surface area contributed by atoms with Gasteiger partial charge in [-0.15, -0.1) is 10.2 Å². The van der Waals surface area contributed by atoms with Crippen molar-refractivity contribution in [3.8, 4) is 11.5 Å². The third-order valence-electron chi connectivity index (χ3n) is 3.39. The molecular formula is C14H9ClFN7. The Labute approximate surface area is 134 Å². The molecule has 114 valence electrons. The topological polar surface area (TPSA) is 85.2 Å². The first-order valence-corrected chi connectivity index (χ1v) is 7.09. The fraction of sp³-hybridized carbons (Fsp3) is 0.0714. The molecule has 0 aliphatic heterocycles. The van der Waals surface area contributed by atoms with Crippen LogP contribution in [0.2, 0.25) is 5.02 Å². The molecule has 0 atom stereocenters. The highest BCUT2D eigenvalue weighted by molar-refractivity contribution is 6.30. The monoisotopic (exact) mass is 329 g/mol. The number of rotatable bonds is 3. The van der Waals surface area contributed by atoms with E-state index in [9.17, 15) is 4.39 Å². The smallest absolute Gasteiger partial charge is 0.225 e. The lowest BCUT2D eigenvalue weighted by Gasteiger charge is -2.05. The van der Waals surface area contributed by atoms with Crippen LogP contribution in [0.3, 0.4) is 0 Å². The molecule has 3 aromatic heterocycles. The minimum absolute atomic E-state index is 0.192. The van der Waals surface area contributed by atoms with Crippen molar-refractivity contribution < 1.29 is 4.39 Å². The number of nitrogens with one attached hydrogen (secondary N) is 1. The molecule has 1 N–H and O–H groups in total. The maximum atomic E-state index is 14.0. The van der Waals surface area contributed by atoms with Gasteiger partial charge >= 0.3 is 0 Å². The second-order valence-corrected chi connectivity index (χ2v) is 5.29. The Morgan fingerprint density at radius 3 is 3.00 bits per heavy atom.